The third-order valence-electron chi connectivity index (χ3n) is 5.99. The van der Waals surface area contributed by atoms with E-state index < -0.39 is 0 Å². The van der Waals surface area contributed by atoms with Gasteiger partial charge in [0.15, 0.2) is 5.16 Å². The molecule has 1 fully saturated rings. The molecule has 1 aromatic heterocycles. The molecule has 2 heterocycles. The van der Waals surface area contributed by atoms with Crippen molar-refractivity contribution in [1.82, 2.24) is 19.7 Å². The van der Waals surface area contributed by atoms with Crippen LogP contribution in [0.15, 0.2) is 90.1 Å². The van der Waals surface area contributed by atoms with Crippen molar-refractivity contribution >= 4 is 23.4 Å². The first-order chi connectivity index (χ1) is 17.7. The van der Waals surface area contributed by atoms with Crippen LogP contribution in [-0.4, -0.2) is 44.4 Å². The number of thioether (sulfide) groups is 1. The van der Waals surface area contributed by atoms with E-state index in [1.54, 1.807) is 0 Å². The van der Waals surface area contributed by atoms with Crippen molar-refractivity contribution < 1.29 is 9.53 Å². The molecule has 3 aromatic carbocycles. The van der Waals surface area contributed by atoms with E-state index in [0.29, 0.717) is 12.3 Å². The van der Waals surface area contributed by atoms with Gasteiger partial charge in [0.05, 0.1) is 18.8 Å². The van der Waals surface area contributed by atoms with E-state index in [1.165, 1.54) is 30.2 Å². The number of hydrogen-bond acceptors (Lipinski definition) is 6. The number of anilines is 1. The first-order valence-electron chi connectivity index (χ1n) is 12.2. The predicted octanol–water partition coefficient (Wildman–Crippen LogP) is 5.45. The Morgan fingerprint density at radius 3 is 2.22 bits per heavy atom. The summed E-state index contributed by atoms with van der Waals surface area (Å²) in [5.74, 6) is 2.59. The summed E-state index contributed by atoms with van der Waals surface area (Å²) in [4.78, 5) is 15.1. The first-order valence-corrected chi connectivity index (χ1v) is 13.2. The summed E-state index contributed by atoms with van der Waals surface area (Å²) in [5, 5.41) is 12.6. The summed E-state index contributed by atoms with van der Waals surface area (Å²) >= 11 is 1.41. The number of benzene rings is 3. The maximum absolute atomic E-state index is 12.7. The molecule has 4 aromatic rings. The zero-order valence-corrected chi connectivity index (χ0v) is 20.9. The highest BCUT2D eigenvalue weighted by atomic mass is 32.2. The fraction of sp³-hybridized carbons (Fsp3) is 0.250. The molecular weight excluding hydrogens is 470 g/mol. The average molecular weight is 500 g/mol. The standard InChI is InChI=1S/C28H29N5O2S/c34-27(29-23-13-15-25(16-14-23)35-24-11-5-2-6-12-24)21-36-28-31-30-26(20-32-17-7-8-18-32)33(28)19-22-9-3-1-4-10-22/h1-6,9-16H,7-8,17-21H2,(H,29,34). The van der Waals surface area contributed by atoms with Crippen LogP contribution < -0.4 is 10.1 Å². The molecule has 0 saturated carbocycles. The van der Waals surface area contributed by atoms with Gasteiger partial charge in [0.2, 0.25) is 5.91 Å². The SMILES string of the molecule is O=C(CSc1nnc(CN2CCCC2)n1Cc1ccccc1)Nc1ccc(Oc2ccccc2)cc1. The third kappa shape index (κ3) is 6.53. The van der Waals surface area contributed by atoms with Crippen LogP contribution in [0.3, 0.4) is 0 Å². The van der Waals surface area contributed by atoms with Crippen LogP contribution in [0.4, 0.5) is 5.69 Å². The molecule has 8 heteroatoms. The van der Waals surface area contributed by atoms with E-state index >= 15 is 0 Å². The van der Waals surface area contributed by atoms with Crippen molar-refractivity contribution in [3.8, 4) is 11.5 Å². The normalized spacial score (nSPS) is 13.6. The van der Waals surface area contributed by atoms with E-state index in [2.05, 4.69) is 37.1 Å². The molecule has 1 saturated heterocycles. The molecule has 0 aliphatic carbocycles. The van der Waals surface area contributed by atoms with Crippen LogP contribution in [0.2, 0.25) is 0 Å². The molecule has 36 heavy (non-hydrogen) atoms. The number of nitrogens with one attached hydrogen (secondary N) is 1. The van der Waals surface area contributed by atoms with E-state index in [0.717, 1.165) is 42.1 Å². The van der Waals surface area contributed by atoms with Crippen molar-refractivity contribution in [1.29, 1.82) is 0 Å². The monoisotopic (exact) mass is 499 g/mol. The summed E-state index contributed by atoms with van der Waals surface area (Å²) in [6, 6.07) is 27.3. The molecule has 0 bridgehead atoms. The highest BCUT2D eigenvalue weighted by Gasteiger charge is 2.19. The van der Waals surface area contributed by atoms with E-state index in [9.17, 15) is 4.79 Å². The number of rotatable bonds is 10. The minimum atomic E-state index is -0.0907. The molecule has 7 nitrogen and oxygen atoms in total. The summed E-state index contributed by atoms with van der Waals surface area (Å²) in [7, 11) is 0. The number of ether oxygens (including phenoxy) is 1. The summed E-state index contributed by atoms with van der Waals surface area (Å²) in [6.45, 7) is 3.66. The Hall–Kier alpha value is -3.62. The van der Waals surface area contributed by atoms with Gasteiger partial charge in [-0.25, -0.2) is 0 Å². The lowest BCUT2D eigenvalue weighted by Crippen LogP contribution is -2.22. The van der Waals surface area contributed by atoms with Gasteiger partial charge in [0.25, 0.3) is 0 Å². The fourth-order valence-electron chi connectivity index (χ4n) is 4.17. The molecule has 1 aliphatic heterocycles. The highest BCUT2D eigenvalue weighted by molar-refractivity contribution is 7.99. The van der Waals surface area contributed by atoms with Crippen LogP contribution in [0.5, 0.6) is 11.5 Å². The van der Waals surface area contributed by atoms with Crippen molar-refractivity contribution in [2.75, 3.05) is 24.2 Å². The average Bonchev–Trinajstić information content (AvgIpc) is 3.56. The van der Waals surface area contributed by atoms with Gasteiger partial charge in [-0.3, -0.25) is 9.69 Å². The van der Waals surface area contributed by atoms with Crippen molar-refractivity contribution in [3.05, 3.63) is 96.3 Å². The lowest BCUT2D eigenvalue weighted by molar-refractivity contribution is -0.113. The quantitative estimate of drug-likeness (QED) is 0.293. The van der Waals surface area contributed by atoms with Gasteiger partial charge in [-0.2, -0.15) is 0 Å². The van der Waals surface area contributed by atoms with Crippen LogP contribution in [0.25, 0.3) is 0 Å². The summed E-state index contributed by atoms with van der Waals surface area (Å²) in [5.41, 5.74) is 1.91. The Bertz CT molecular complexity index is 1260. The minimum absolute atomic E-state index is 0.0907. The topological polar surface area (TPSA) is 72.3 Å². The lowest BCUT2D eigenvalue weighted by atomic mass is 10.2. The van der Waals surface area contributed by atoms with Crippen LogP contribution >= 0.6 is 11.8 Å². The van der Waals surface area contributed by atoms with Crippen molar-refractivity contribution in [2.45, 2.75) is 31.1 Å². The number of likely N-dealkylation sites (tertiary alicyclic amines) is 1. The third-order valence-corrected chi connectivity index (χ3v) is 6.96. The van der Waals surface area contributed by atoms with E-state index in [-0.39, 0.29) is 11.7 Å². The molecule has 0 unspecified atom stereocenters. The van der Waals surface area contributed by atoms with Crippen molar-refractivity contribution in [2.24, 2.45) is 0 Å². The molecule has 184 valence electrons. The second-order valence-electron chi connectivity index (χ2n) is 8.73. The van der Waals surface area contributed by atoms with Crippen LogP contribution in [0, 0.1) is 0 Å². The maximum Gasteiger partial charge on any atom is 0.234 e. The largest absolute Gasteiger partial charge is 0.457 e. The number of aromatic nitrogens is 3. The lowest BCUT2D eigenvalue weighted by Gasteiger charge is -2.16. The first kappa shape index (κ1) is 24.1. The van der Waals surface area contributed by atoms with E-state index in [1.807, 2.05) is 72.8 Å². The van der Waals surface area contributed by atoms with Gasteiger partial charge in [-0.1, -0.05) is 60.3 Å². The molecular formula is C28H29N5O2S. The maximum atomic E-state index is 12.7. The predicted molar refractivity (Wildman–Crippen MR) is 142 cm³/mol. The summed E-state index contributed by atoms with van der Waals surface area (Å²) < 4.78 is 7.96. The van der Waals surface area contributed by atoms with Crippen LogP contribution in [0.1, 0.15) is 24.2 Å². The zero-order valence-electron chi connectivity index (χ0n) is 20.0. The number of para-hydroxylation sites is 1. The molecule has 0 radical (unpaired) electrons. The number of carbonyl (C=O) groups excluding carboxylic acids is 1. The van der Waals surface area contributed by atoms with Gasteiger partial charge >= 0.3 is 0 Å². The number of hydrogen-bond donors (Lipinski definition) is 1. The van der Waals surface area contributed by atoms with Gasteiger partial charge in [-0.15, -0.1) is 10.2 Å². The van der Waals surface area contributed by atoms with Gasteiger partial charge in [0, 0.05) is 5.69 Å². The number of nitrogens with zero attached hydrogens (tertiary/aromatic N) is 4. The van der Waals surface area contributed by atoms with Crippen LogP contribution in [-0.2, 0) is 17.9 Å². The highest BCUT2D eigenvalue weighted by Crippen LogP contribution is 2.24. The molecule has 0 atom stereocenters. The molecule has 1 amide bonds. The van der Waals surface area contributed by atoms with Gasteiger partial charge in [0.1, 0.15) is 17.3 Å². The Morgan fingerprint density at radius 2 is 1.50 bits per heavy atom. The van der Waals surface area contributed by atoms with Crippen molar-refractivity contribution in [3.63, 3.8) is 0 Å². The smallest absolute Gasteiger partial charge is 0.234 e. The van der Waals surface area contributed by atoms with E-state index in [4.69, 9.17) is 4.74 Å². The Labute approximate surface area is 215 Å². The zero-order chi connectivity index (χ0) is 24.6. The summed E-state index contributed by atoms with van der Waals surface area (Å²) in [6.07, 6.45) is 2.46. The Balaban J connectivity index is 1.20. The molecule has 1 N–H and O–H groups in total. The van der Waals surface area contributed by atoms with Gasteiger partial charge in [-0.05, 0) is 67.9 Å². The second kappa shape index (κ2) is 11.9. The fourth-order valence-corrected chi connectivity index (χ4v) is 4.92. The molecule has 0 spiro atoms. The molecule has 1 aliphatic rings. The second-order valence-corrected chi connectivity index (χ2v) is 9.67. The minimum Gasteiger partial charge on any atom is -0.457 e. The number of carbonyl (C=O) groups is 1. The molecule has 5 rings (SSSR count). The van der Waals surface area contributed by atoms with Gasteiger partial charge < -0.3 is 14.6 Å². The number of amides is 1. The Kier molecular flexibility index (Phi) is 7.95. The Morgan fingerprint density at radius 1 is 0.833 bits per heavy atom.